The Morgan fingerprint density at radius 3 is 2.50 bits per heavy atom. The van der Waals surface area contributed by atoms with Gasteiger partial charge in [-0.3, -0.25) is 4.79 Å². The van der Waals surface area contributed by atoms with Gasteiger partial charge in [-0.25, -0.2) is 8.42 Å². The van der Waals surface area contributed by atoms with Crippen molar-refractivity contribution in [3.05, 3.63) is 30.3 Å². The molecular weight excluding hydrogens is 304 g/mol. The Morgan fingerprint density at radius 1 is 1.09 bits per heavy atom. The summed E-state index contributed by atoms with van der Waals surface area (Å²) < 4.78 is 23.3. The van der Waals surface area contributed by atoms with Gasteiger partial charge in [0.2, 0.25) is 0 Å². The third-order valence-corrected chi connectivity index (χ3v) is 5.26. The van der Waals surface area contributed by atoms with Crippen LogP contribution in [0, 0.1) is 0 Å². The fourth-order valence-electron chi connectivity index (χ4n) is 2.62. The Morgan fingerprint density at radius 2 is 1.82 bits per heavy atom. The van der Waals surface area contributed by atoms with Gasteiger partial charge in [0.15, 0.2) is 9.84 Å². The second-order valence-corrected chi connectivity index (χ2v) is 7.69. The molecule has 7 heteroatoms. The average Bonchev–Trinajstić information content (AvgIpc) is 2.70. The molecule has 0 amide bonds. The molecule has 0 unspecified atom stereocenters. The lowest BCUT2D eigenvalue weighted by atomic mass is 10.3. The van der Waals surface area contributed by atoms with Gasteiger partial charge in [-0.1, -0.05) is 18.2 Å². The number of carbonyl (C=O) groups is 1. The molecule has 0 spiro atoms. The minimum absolute atomic E-state index is 0.0926. The Bertz CT molecular complexity index is 589. The normalized spacial score (nSPS) is 17.2. The van der Waals surface area contributed by atoms with E-state index >= 15 is 0 Å². The van der Waals surface area contributed by atoms with Crippen molar-refractivity contribution in [2.24, 2.45) is 0 Å². The summed E-state index contributed by atoms with van der Waals surface area (Å²) in [6.45, 7) is 3.83. The van der Waals surface area contributed by atoms with Crippen LogP contribution < -0.4 is 4.90 Å². The van der Waals surface area contributed by atoms with Crippen molar-refractivity contribution in [2.45, 2.75) is 6.42 Å². The van der Waals surface area contributed by atoms with Crippen LogP contribution in [0.4, 0.5) is 5.69 Å². The molecule has 1 fully saturated rings. The van der Waals surface area contributed by atoms with Crippen molar-refractivity contribution >= 4 is 21.5 Å². The zero-order valence-corrected chi connectivity index (χ0v) is 13.3. The summed E-state index contributed by atoms with van der Waals surface area (Å²) in [5, 5.41) is 8.59. The van der Waals surface area contributed by atoms with Gasteiger partial charge in [0.05, 0.1) is 5.75 Å². The summed E-state index contributed by atoms with van der Waals surface area (Å²) >= 11 is 0. The number of nitrogens with zero attached hydrogens (tertiary/aromatic N) is 2. The second kappa shape index (κ2) is 7.60. The van der Waals surface area contributed by atoms with E-state index in [0.29, 0.717) is 6.54 Å². The average molecular weight is 326 g/mol. The number of benzene rings is 1. The van der Waals surface area contributed by atoms with Crippen LogP contribution in [0.1, 0.15) is 6.42 Å². The molecule has 1 aromatic carbocycles. The fourth-order valence-corrected chi connectivity index (χ4v) is 3.68. The van der Waals surface area contributed by atoms with Gasteiger partial charge in [-0.05, 0) is 25.1 Å². The first-order valence-corrected chi connectivity index (χ1v) is 9.23. The molecule has 0 aromatic heterocycles. The standard InChI is InChI=1S/C15H22N2O4S/c18-15(19)13-22(20,21)12-11-16-7-4-8-17(10-9-16)14-5-2-1-3-6-14/h1-3,5-6H,4,7-13H2,(H,18,19). The highest BCUT2D eigenvalue weighted by Crippen LogP contribution is 2.15. The molecule has 0 radical (unpaired) electrons. The number of hydrogen-bond donors (Lipinski definition) is 1. The predicted octanol–water partition coefficient (Wildman–Crippen LogP) is 0.698. The highest BCUT2D eigenvalue weighted by molar-refractivity contribution is 7.92. The summed E-state index contributed by atoms with van der Waals surface area (Å²) in [6.07, 6.45) is 0.966. The number of anilines is 1. The lowest BCUT2D eigenvalue weighted by Crippen LogP contribution is -2.34. The maximum absolute atomic E-state index is 11.6. The number of carboxylic acid groups (broad SMARTS) is 1. The smallest absolute Gasteiger partial charge is 0.318 e. The number of rotatable bonds is 6. The van der Waals surface area contributed by atoms with Crippen LogP contribution in [-0.4, -0.2) is 68.6 Å². The number of carboxylic acids is 1. The van der Waals surface area contributed by atoms with E-state index in [4.69, 9.17) is 5.11 Å². The van der Waals surface area contributed by atoms with Gasteiger partial charge in [0.25, 0.3) is 0 Å². The lowest BCUT2D eigenvalue weighted by molar-refractivity contribution is -0.134. The first-order chi connectivity index (χ1) is 10.5. The first-order valence-electron chi connectivity index (χ1n) is 7.41. The van der Waals surface area contributed by atoms with E-state index in [9.17, 15) is 13.2 Å². The molecule has 0 saturated carbocycles. The quantitative estimate of drug-likeness (QED) is 0.829. The summed E-state index contributed by atoms with van der Waals surface area (Å²) in [5.41, 5.74) is 1.18. The van der Waals surface area contributed by atoms with E-state index in [0.717, 1.165) is 32.6 Å². The van der Waals surface area contributed by atoms with E-state index in [-0.39, 0.29) is 5.75 Å². The van der Waals surface area contributed by atoms with Crippen LogP contribution in [0.2, 0.25) is 0 Å². The van der Waals surface area contributed by atoms with Gasteiger partial charge in [0.1, 0.15) is 5.75 Å². The van der Waals surface area contributed by atoms with Crippen molar-refractivity contribution < 1.29 is 18.3 Å². The Hall–Kier alpha value is -1.60. The molecule has 122 valence electrons. The van der Waals surface area contributed by atoms with Crippen molar-refractivity contribution in [2.75, 3.05) is 49.1 Å². The van der Waals surface area contributed by atoms with E-state index in [1.807, 2.05) is 18.2 Å². The molecule has 6 nitrogen and oxygen atoms in total. The number of hydrogen-bond acceptors (Lipinski definition) is 5. The highest BCUT2D eigenvalue weighted by Gasteiger charge is 2.20. The number of sulfone groups is 1. The first kappa shape index (κ1) is 16.8. The summed E-state index contributed by atoms with van der Waals surface area (Å²) in [7, 11) is -3.51. The van der Waals surface area contributed by atoms with Crippen LogP contribution in [0.15, 0.2) is 30.3 Å². The molecule has 0 atom stereocenters. The van der Waals surface area contributed by atoms with Crippen LogP contribution in [0.25, 0.3) is 0 Å². The van der Waals surface area contributed by atoms with Gasteiger partial charge in [0, 0.05) is 31.9 Å². The molecule has 1 N–H and O–H groups in total. The Labute approximate surface area is 131 Å². The van der Waals surface area contributed by atoms with E-state index in [2.05, 4.69) is 21.9 Å². The summed E-state index contributed by atoms with van der Waals surface area (Å²) in [6, 6.07) is 10.2. The zero-order chi connectivity index (χ0) is 16.0. The molecule has 2 rings (SSSR count). The molecule has 1 aromatic rings. The molecule has 0 bridgehead atoms. The third-order valence-electron chi connectivity index (χ3n) is 3.77. The molecule has 1 aliphatic heterocycles. The van der Waals surface area contributed by atoms with E-state index in [1.165, 1.54) is 5.69 Å². The van der Waals surface area contributed by atoms with Crippen molar-refractivity contribution in [3.63, 3.8) is 0 Å². The topological polar surface area (TPSA) is 77.9 Å². The van der Waals surface area contributed by atoms with E-state index < -0.39 is 21.6 Å². The molecule has 1 aliphatic rings. The SMILES string of the molecule is O=C(O)CS(=O)(=O)CCN1CCCN(c2ccccc2)CC1. The van der Waals surface area contributed by atoms with Crippen LogP contribution in [-0.2, 0) is 14.6 Å². The lowest BCUT2D eigenvalue weighted by Gasteiger charge is -2.23. The maximum Gasteiger partial charge on any atom is 0.318 e. The molecule has 22 heavy (non-hydrogen) atoms. The second-order valence-electron chi connectivity index (χ2n) is 5.50. The van der Waals surface area contributed by atoms with Crippen LogP contribution in [0.3, 0.4) is 0 Å². The zero-order valence-electron chi connectivity index (χ0n) is 12.5. The van der Waals surface area contributed by atoms with Crippen LogP contribution >= 0.6 is 0 Å². The number of para-hydroxylation sites is 1. The minimum Gasteiger partial charge on any atom is -0.480 e. The van der Waals surface area contributed by atoms with Gasteiger partial charge < -0.3 is 14.9 Å². The summed E-state index contributed by atoms with van der Waals surface area (Å²) in [4.78, 5) is 14.9. The minimum atomic E-state index is -3.51. The predicted molar refractivity (Wildman–Crippen MR) is 86.0 cm³/mol. The molecular formula is C15H22N2O4S. The molecule has 0 aliphatic carbocycles. The monoisotopic (exact) mass is 326 g/mol. The molecule has 1 heterocycles. The Kier molecular flexibility index (Phi) is 5.79. The van der Waals surface area contributed by atoms with Gasteiger partial charge in [-0.15, -0.1) is 0 Å². The Balaban J connectivity index is 1.85. The molecule has 1 saturated heterocycles. The van der Waals surface area contributed by atoms with Crippen molar-refractivity contribution in [3.8, 4) is 0 Å². The largest absolute Gasteiger partial charge is 0.480 e. The highest BCUT2D eigenvalue weighted by atomic mass is 32.2. The number of aliphatic carboxylic acids is 1. The van der Waals surface area contributed by atoms with Gasteiger partial charge >= 0.3 is 5.97 Å². The summed E-state index contributed by atoms with van der Waals surface area (Å²) in [5.74, 6) is -2.16. The van der Waals surface area contributed by atoms with E-state index in [1.54, 1.807) is 0 Å². The fraction of sp³-hybridized carbons (Fsp3) is 0.533. The maximum atomic E-state index is 11.6. The van der Waals surface area contributed by atoms with Crippen molar-refractivity contribution in [1.82, 2.24) is 4.90 Å². The van der Waals surface area contributed by atoms with Crippen LogP contribution in [0.5, 0.6) is 0 Å². The van der Waals surface area contributed by atoms with Gasteiger partial charge in [-0.2, -0.15) is 0 Å². The van der Waals surface area contributed by atoms with Crippen molar-refractivity contribution in [1.29, 1.82) is 0 Å². The third kappa shape index (κ3) is 5.31.